The third-order valence-corrected chi connectivity index (χ3v) is 4.58. The van der Waals surface area contributed by atoms with E-state index >= 15 is 0 Å². The van der Waals surface area contributed by atoms with Crippen LogP contribution in [0.1, 0.15) is 48.0 Å². The summed E-state index contributed by atoms with van der Waals surface area (Å²) in [5.74, 6) is 2.73. The lowest BCUT2D eigenvalue weighted by Gasteiger charge is -2.18. The maximum Gasteiger partial charge on any atom is 0.135 e. The summed E-state index contributed by atoms with van der Waals surface area (Å²) in [6.45, 7) is 11.4. The Morgan fingerprint density at radius 3 is 2.43 bits per heavy atom. The molecule has 0 saturated heterocycles. The standard InChI is InChI=1S/C16H24N4S/c1-6-14-19-15(17-7-2)11(4)16(20-14)18-12(5)13-9-8-10(3)21-13/h8-9,12H,6-7H2,1-5H3,(H2,17,18,19,20). The van der Waals surface area contributed by atoms with E-state index in [0.29, 0.717) is 0 Å². The Morgan fingerprint density at radius 1 is 1.14 bits per heavy atom. The summed E-state index contributed by atoms with van der Waals surface area (Å²) in [4.78, 5) is 11.9. The highest BCUT2D eigenvalue weighted by Gasteiger charge is 2.14. The number of anilines is 2. The minimum atomic E-state index is 0.247. The van der Waals surface area contributed by atoms with Crippen LogP contribution in [0.25, 0.3) is 0 Å². The molecule has 114 valence electrons. The highest BCUT2D eigenvalue weighted by Crippen LogP contribution is 2.28. The summed E-state index contributed by atoms with van der Waals surface area (Å²) in [6, 6.07) is 4.59. The molecule has 2 rings (SSSR count). The van der Waals surface area contributed by atoms with Gasteiger partial charge >= 0.3 is 0 Å². The SMILES string of the molecule is CCNc1nc(CC)nc(NC(C)c2ccc(C)s2)c1C. The summed E-state index contributed by atoms with van der Waals surface area (Å²) >= 11 is 1.82. The number of aromatic nitrogens is 2. The Morgan fingerprint density at radius 2 is 1.86 bits per heavy atom. The lowest BCUT2D eigenvalue weighted by molar-refractivity contribution is 0.865. The Labute approximate surface area is 131 Å². The van der Waals surface area contributed by atoms with Crippen LogP contribution in [-0.4, -0.2) is 16.5 Å². The molecule has 2 aromatic rings. The third-order valence-electron chi connectivity index (χ3n) is 3.39. The maximum atomic E-state index is 4.65. The van der Waals surface area contributed by atoms with Crippen molar-refractivity contribution in [2.75, 3.05) is 17.2 Å². The lowest BCUT2D eigenvalue weighted by Crippen LogP contribution is -2.13. The first-order valence-corrected chi connectivity index (χ1v) is 8.31. The largest absolute Gasteiger partial charge is 0.370 e. The van der Waals surface area contributed by atoms with E-state index in [2.05, 4.69) is 67.4 Å². The molecule has 0 aliphatic rings. The predicted octanol–water partition coefficient (Wildman–Crippen LogP) is 4.32. The molecule has 0 spiro atoms. The van der Waals surface area contributed by atoms with Crippen molar-refractivity contribution >= 4 is 23.0 Å². The Hall–Kier alpha value is -1.62. The van der Waals surface area contributed by atoms with Crippen molar-refractivity contribution in [2.45, 2.75) is 47.1 Å². The second-order valence-corrected chi connectivity index (χ2v) is 6.48. The van der Waals surface area contributed by atoms with Crippen molar-refractivity contribution in [3.8, 4) is 0 Å². The molecule has 0 aliphatic carbocycles. The number of rotatable bonds is 6. The van der Waals surface area contributed by atoms with Crippen LogP contribution in [-0.2, 0) is 6.42 Å². The summed E-state index contributed by atoms with van der Waals surface area (Å²) in [6.07, 6.45) is 0.833. The molecular weight excluding hydrogens is 280 g/mol. The monoisotopic (exact) mass is 304 g/mol. The molecule has 2 heterocycles. The van der Waals surface area contributed by atoms with Crippen LogP contribution in [0.5, 0.6) is 0 Å². The first-order valence-electron chi connectivity index (χ1n) is 7.49. The fourth-order valence-corrected chi connectivity index (χ4v) is 3.04. The van der Waals surface area contributed by atoms with Crippen LogP contribution in [0.3, 0.4) is 0 Å². The fourth-order valence-electron chi connectivity index (χ4n) is 2.16. The normalized spacial score (nSPS) is 12.2. The summed E-state index contributed by atoms with van der Waals surface area (Å²) in [5.41, 5.74) is 1.08. The van der Waals surface area contributed by atoms with E-state index in [9.17, 15) is 0 Å². The minimum Gasteiger partial charge on any atom is -0.370 e. The van der Waals surface area contributed by atoms with Crippen molar-refractivity contribution in [3.63, 3.8) is 0 Å². The van der Waals surface area contributed by atoms with Gasteiger partial charge in [0.15, 0.2) is 0 Å². The topological polar surface area (TPSA) is 49.8 Å². The van der Waals surface area contributed by atoms with Gasteiger partial charge in [0, 0.05) is 28.3 Å². The molecule has 0 radical (unpaired) electrons. The Balaban J connectivity index is 2.27. The van der Waals surface area contributed by atoms with Gasteiger partial charge in [0.2, 0.25) is 0 Å². The van der Waals surface area contributed by atoms with Gasteiger partial charge in [-0.2, -0.15) is 0 Å². The second-order valence-electron chi connectivity index (χ2n) is 5.16. The number of aryl methyl sites for hydroxylation is 2. The van der Waals surface area contributed by atoms with Crippen LogP contribution >= 0.6 is 11.3 Å². The second kappa shape index (κ2) is 6.89. The van der Waals surface area contributed by atoms with Crippen molar-refractivity contribution < 1.29 is 0 Å². The van der Waals surface area contributed by atoms with Crippen molar-refractivity contribution in [3.05, 3.63) is 33.3 Å². The number of nitrogens with one attached hydrogen (secondary N) is 2. The molecule has 5 heteroatoms. The van der Waals surface area contributed by atoms with Gasteiger partial charge in [-0.1, -0.05) is 6.92 Å². The molecule has 2 aromatic heterocycles. The van der Waals surface area contributed by atoms with E-state index in [0.717, 1.165) is 36.0 Å². The zero-order valence-electron chi connectivity index (χ0n) is 13.4. The molecule has 0 amide bonds. The first-order chi connectivity index (χ1) is 10.0. The molecule has 0 aliphatic heterocycles. The zero-order chi connectivity index (χ0) is 15.4. The van der Waals surface area contributed by atoms with Gasteiger partial charge in [-0.05, 0) is 39.8 Å². The van der Waals surface area contributed by atoms with E-state index in [1.807, 2.05) is 11.3 Å². The molecule has 0 saturated carbocycles. The molecule has 1 unspecified atom stereocenters. The third kappa shape index (κ3) is 3.73. The smallest absolute Gasteiger partial charge is 0.135 e. The van der Waals surface area contributed by atoms with Gasteiger partial charge in [-0.25, -0.2) is 9.97 Å². The van der Waals surface area contributed by atoms with Crippen molar-refractivity contribution in [2.24, 2.45) is 0 Å². The van der Waals surface area contributed by atoms with Crippen molar-refractivity contribution in [1.29, 1.82) is 0 Å². The van der Waals surface area contributed by atoms with Crippen LogP contribution in [0.4, 0.5) is 11.6 Å². The summed E-state index contributed by atoms with van der Waals surface area (Å²) < 4.78 is 0. The average Bonchev–Trinajstić information content (AvgIpc) is 2.90. The summed E-state index contributed by atoms with van der Waals surface area (Å²) in [5, 5.41) is 6.85. The van der Waals surface area contributed by atoms with Gasteiger partial charge in [-0.15, -0.1) is 11.3 Å². The van der Waals surface area contributed by atoms with Gasteiger partial charge in [0.05, 0.1) is 6.04 Å². The Bertz CT molecular complexity index is 606. The molecule has 0 fully saturated rings. The molecule has 0 bridgehead atoms. The highest BCUT2D eigenvalue weighted by molar-refractivity contribution is 7.12. The van der Waals surface area contributed by atoms with E-state index in [1.54, 1.807) is 0 Å². The highest BCUT2D eigenvalue weighted by atomic mass is 32.1. The lowest BCUT2D eigenvalue weighted by atomic mass is 10.2. The van der Waals surface area contributed by atoms with Crippen LogP contribution in [0.15, 0.2) is 12.1 Å². The number of hydrogen-bond acceptors (Lipinski definition) is 5. The quantitative estimate of drug-likeness (QED) is 0.834. The van der Waals surface area contributed by atoms with Crippen LogP contribution in [0, 0.1) is 13.8 Å². The number of thiophene rings is 1. The first kappa shape index (κ1) is 15.8. The number of nitrogens with zero attached hydrogens (tertiary/aromatic N) is 2. The van der Waals surface area contributed by atoms with E-state index in [1.165, 1.54) is 9.75 Å². The molecule has 21 heavy (non-hydrogen) atoms. The molecular formula is C16H24N4S. The number of hydrogen-bond donors (Lipinski definition) is 2. The van der Waals surface area contributed by atoms with Gasteiger partial charge in [0.1, 0.15) is 17.5 Å². The fraction of sp³-hybridized carbons (Fsp3) is 0.500. The van der Waals surface area contributed by atoms with E-state index < -0.39 is 0 Å². The summed E-state index contributed by atoms with van der Waals surface area (Å²) in [7, 11) is 0. The average molecular weight is 304 g/mol. The molecule has 0 aromatic carbocycles. The molecule has 2 N–H and O–H groups in total. The van der Waals surface area contributed by atoms with Crippen molar-refractivity contribution in [1.82, 2.24) is 9.97 Å². The van der Waals surface area contributed by atoms with E-state index in [4.69, 9.17) is 0 Å². The van der Waals surface area contributed by atoms with Crippen LogP contribution < -0.4 is 10.6 Å². The van der Waals surface area contributed by atoms with Gasteiger partial charge < -0.3 is 10.6 Å². The molecule has 1 atom stereocenters. The van der Waals surface area contributed by atoms with Crippen LogP contribution in [0.2, 0.25) is 0 Å². The molecule has 4 nitrogen and oxygen atoms in total. The predicted molar refractivity (Wildman–Crippen MR) is 91.4 cm³/mol. The van der Waals surface area contributed by atoms with E-state index in [-0.39, 0.29) is 6.04 Å². The van der Waals surface area contributed by atoms with Gasteiger partial charge in [-0.3, -0.25) is 0 Å². The minimum absolute atomic E-state index is 0.247. The zero-order valence-corrected chi connectivity index (χ0v) is 14.3. The van der Waals surface area contributed by atoms with Gasteiger partial charge in [0.25, 0.3) is 0 Å². The Kier molecular flexibility index (Phi) is 5.17. The maximum absolute atomic E-state index is 4.65.